The highest BCUT2D eigenvalue weighted by Crippen LogP contribution is 2.22. The highest BCUT2D eigenvalue weighted by atomic mass is 16.4. The second-order valence-electron chi connectivity index (χ2n) is 5.71. The van der Waals surface area contributed by atoms with Gasteiger partial charge >= 0.3 is 5.63 Å². The number of hydrogen-bond donors (Lipinski definition) is 1. The average Bonchev–Trinajstić information content (AvgIpc) is 2.60. The first-order valence-electron chi connectivity index (χ1n) is 8.00. The molecule has 3 rings (SSSR count). The molecule has 1 unspecified atom stereocenters. The molecule has 24 heavy (non-hydrogen) atoms. The van der Waals surface area contributed by atoms with Crippen molar-refractivity contribution in [3.05, 3.63) is 81.9 Å². The summed E-state index contributed by atoms with van der Waals surface area (Å²) >= 11 is 0. The van der Waals surface area contributed by atoms with E-state index in [2.05, 4.69) is 5.32 Å². The van der Waals surface area contributed by atoms with E-state index in [9.17, 15) is 9.59 Å². The summed E-state index contributed by atoms with van der Waals surface area (Å²) in [5, 5.41) is 4.09. The van der Waals surface area contributed by atoms with E-state index < -0.39 is 5.63 Å². The van der Waals surface area contributed by atoms with Gasteiger partial charge in [0.25, 0.3) is 5.91 Å². The zero-order valence-electron chi connectivity index (χ0n) is 13.7. The minimum Gasteiger partial charge on any atom is -0.427 e. The Morgan fingerprint density at radius 3 is 2.33 bits per heavy atom. The molecule has 1 aromatic heterocycles. The van der Waals surface area contributed by atoms with Crippen molar-refractivity contribution in [3.8, 4) is 0 Å². The van der Waals surface area contributed by atoms with Gasteiger partial charge in [-0.1, -0.05) is 55.5 Å². The molecule has 1 atom stereocenters. The van der Waals surface area contributed by atoms with Gasteiger partial charge in [-0.15, -0.1) is 0 Å². The lowest BCUT2D eigenvalue weighted by atomic mass is 10.0. The largest absolute Gasteiger partial charge is 0.427 e. The quantitative estimate of drug-likeness (QED) is 0.790. The lowest BCUT2D eigenvalue weighted by molar-refractivity contribution is 0.0934. The summed E-state index contributed by atoms with van der Waals surface area (Å²) < 4.78 is 5.25. The molecule has 0 saturated carbocycles. The number of aryl methyl sites for hydroxylation is 1. The van der Waals surface area contributed by atoms with E-state index >= 15 is 0 Å². The van der Waals surface area contributed by atoms with Crippen LogP contribution in [0.25, 0.3) is 10.8 Å². The fraction of sp³-hybridized carbons (Fsp3) is 0.200. The topological polar surface area (TPSA) is 59.3 Å². The number of benzene rings is 2. The predicted octanol–water partition coefficient (Wildman–Crippen LogP) is 3.98. The van der Waals surface area contributed by atoms with E-state index in [4.69, 9.17) is 4.42 Å². The summed E-state index contributed by atoms with van der Waals surface area (Å²) in [4.78, 5) is 24.8. The van der Waals surface area contributed by atoms with Crippen molar-refractivity contribution in [2.45, 2.75) is 26.3 Å². The van der Waals surface area contributed by atoms with Crippen LogP contribution >= 0.6 is 0 Å². The van der Waals surface area contributed by atoms with E-state index in [0.29, 0.717) is 22.1 Å². The van der Waals surface area contributed by atoms with Gasteiger partial charge in [0.15, 0.2) is 0 Å². The Hall–Kier alpha value is -2.88. The maximum absolute atomic E-state index is 12.9. The Labute approximate surface area is 140 Å². The molecular weight excluding hydrogens is 302 g/mol. The van der Waals surface area contributed by atoms with Crippen molar-refractivity contribution in [2.75, 3.05) is 0 Å². The van der Waals surface area contributed by atoms with Gasteiger partial charge < -0.3 is 9.73 Å². The molecule has 0 aliphatic heterocycles. The Balaban J connectivity index is 2.01. The summed E-state index contributed by atoms with van der Waals surface area (Å²) in [5.74, 6) is 0.0993. The van der Waals surface area contributed by atoms with Gasteiger partial charge in [0.05, 0.1) is 17.0 Å². The number of carbonyl (C=O) groups excluding carboxylic acids is 1. The molecule has 0 bridgehead atoms. The number of hydrogen-bond acceptors (Lipinski definition) is 3. The zero-order valence-corrected chi connectivity index (χ0v) is 13.7. The van der Waals surface area contributed by atoms with E-state index in [-0.39, 0.29) is 11.9 Å². The van der Waals surface area contributed by atoms with Gasteiger partial charge in [-0.05, 0) is 25.0 Å². The van der Waals surface area contributed by atoms with Crippen LogP contribution in [0.4, 0.5) is 0 Å². The minimum atomic E-state index is -0.422. The SMILES string of the molecule is CCC(NC(=O)c1c(C)oc(=O)c2ccccc12)c1ccccc1. The van der Waals surface area contributed by atoms with E-state index in [1.54, 1.807) is 25.1 Å². The molecule has 1 N–H and O–H groups in total. The minimum absolute atomic E-state index is 0.0937. The third kappa shape index (κ3) is 2.95. The zero-order chi connectivity index (χ0) is 17.1. The molecule has 2 aromatic carbocycles. The fourth-order valence-corrected chi connectivity index (χ4v) is 2.93. The van der Waals surface area contributed by atoms with Crippen LogP contribution in [0, 0.1) is 6.92 Å². The van der Waals surface area contributed by atoms with Crippen molar-refractivity contribution in [3.63, 3.8) is 0 Å². The van der Waals surface area contributed by atoms with Crippen LogP contribution in [0.15, 0.2) is 63.8 Å². The maximum atomic E-state index is 12.9. The van der Waals surface area contributed by atoms with Crippen LogP contribution < -0.4 is 10.9 Å². The number of fused-ring (bicyclic) bond motifs is 1. The molecular formula is C20H19NO3. The van der Waals surface area contributed by atoms with Gasteiger partial charge in [0.1, 0.15) is 5.76 Å². The highest BCUT2D eigenvalue weighted by molar-refractivity contribution is 6.07. The van der Waals surface area contributed by atoms with Crippen LogP contribution in [-0.4, -0.2) is 5.91 Å². The second kappa shape index (κ2) is 6.71. The standard InChI is InChI=1S/C20H19NO3/c1-3-17(14-9-5-4-6-10-14)21-19(22)18-13(2)24-20(23)16-12-8-7-11-15(16)18/h4-12,17H,3H2,1-2H3,(H,21,22). The van der Waals surface area contributed by atoms with Crippen LogP contribution in [0.1, 0.15) is 41.1 Å². The lowest BCUT2D eigenvalue weighted by Crippen LogP contribution is -2.29. The van der Waals surface area contributed by atoms with Crippen LogP contribution in [0.3, 0.4) is 0 Å². The van der Waals surface area contributed by atoms with Crippen LogP contribution in [0.5, 0.6) is 0 Å². The normalized spacial score (nSPS) is 12.1. The predicted molar refractivity (Wildman–Crippen MR) is 94.2 cm³/mol. The third-order valence-corrected chi connectivity index (χ3v) is 4.16. The van der Waals surface area contributed by atoms with Crippen molar-refractivity contribution < 1.29 is 9.21 Å². The van der Waals surface area contributed by atoms with Crippen molar-refractivity contribution in [1.82, 2.24) is 5.32 Å². The fourth-order valence-electron chi connectivity index (χ4n) is 2.93. The lowest BCUT2D eigenvalue weighted by Gasteiger charge is -2.18. The molecule has 0 spiro atoms. The average molecular weight is 321 g/mol. The molecule has 1 amide bonds. The molecule has 3 aromatic rings. The van der Waals surface area contributed by atoms with Gasteiger partial charge in [-0.3, -0.25) is 4.79 Å². The Bertz CT molecular complexity index is 929. The molecule has 4 heteroatoms. The molecule has 1 heterocycles. The van der Waals surface area contributed by atoms with Gasteiger partial charge in [0.2, 0.25) is 0 Å². The molecule has 0 aliphatic rings. The van der Waals surface area contributed by atoms with Gasteiger partial charge in [0, 0.05) is 5.39 Å². The third-order valence-electron chi connectivity index (χ3n) is 4.16. The summed E-state index contributed by atoms with van der Waals surface area (Å²) in [7, 11) is 0. The molecule has 122 valence electrons. The monoisotopic (exact) mass is 321 g/mol. The molecule has 4 nitrogen and oxygen atoms in total. The Morgan fingerprint density at radius 2 is 1.67 bits per heavy atom. The number of rotatable bonds is 4. The summed E-state index contributed by atoms with van der Waals surface area (Å²) in [6.45, 7) is 3.67. The molecule has 0 fully saturated rings. The van der Waals surface area contributed by atoms with Crippen molar-refractivity contribution in [1.29, 1.82) is 0 Å². The number of nitrogens with one attached hydrogen (secondary N) is 1. The maximum Gasteiger partial charge on any atom is 0.343 e. The Morgan fingerprint density at radius 1 is 1.04 bits per heavy atom. The van der Waals surface area contributed by atoms with Crippen molar-refractivity contribution >= 4 is 16.7 Å². The Kier molecular flexibility index (Phi) is 4.47. The smallest absolute Gasteiger partial charge is 0.343 e. The highest BCUT2D eigenvalue weighted by Gasteiger charge is 2.20. The molecule has 0 saturated heterocycles. The summed E-state index contributed by atoms with van der Waals surface area (Å²) in [5.41, 5.74) is 1.04. The first-order chi connectivity index (χ1) is 11.6. The van der Waals surface area contributed by atoms with E-state index in [1.807, 2.05) is 43.3 Å². The summed E-state index contributed by atoms with van der Waals surface area (Å²) in [6, 6.07) is 16.8. The van der Waals surface area contributed by atoms with Gasteiger partial charge in [-0.25, -0.2) is 4.79 Å². The first-order valence-corrected chi connectivity index (χ1v) is 8.00. The van der Waals surface area contributed by atoms with Gasteiger partial charge in [-0.2, -0.15) is 0 Å². The van der Waals surface area contributed by atoms with E-state index in [1.165, 1.54) is 0 Å². The first kappa shape index (κ1) is 16.0. The van der Waals surface area contributed by atoms with E-state index in [0.717, 1.165) is 12.0 Å². The number of carbonyl (C=O) groups is 1. The molecule has 0 aliphatic carbocycles. The van der Waals surface area contributed by atoms with Crippen molar-refractivity contribution in [2.24, 2.45) is 0 Å². The van der Waals surface area contributed by atoms with Crippen LogP contribution in [0.2, 0.25) is 0 Å². The summed E-state index contributed by atoms with van der Waals surface area (Å²) in [6.07, 6.45) is 0.767. The number of amides is 1. The molecule has 0 radical (unpaired) electrons. The second-order valence-corrected chi connectivity index (χ2v) is 5.71. The van der Waals surface area contributed by atoms with Crippen LogP contribution in [-0.2, 0) is 0 Å².